The molecule has 1 amide bonds. The van der Waals surface area contributed by atoms with Gasteiger partial charge in [0.05, 0.1) is 5.69 Å². The van der Waals surface area contributed by atoms with Gasteiger partial charge in [-0.15, -0.1) is 5.10 Å². The quantitative estimate of drug-likeness (QED) is 0.343. The molecule has 1 aliphatic carbocycles. The number of aryl methyl sites for hydroxylation is 1. The van der Waals surface area contributed by atoms with Gasteiger partial charge in [0, 0.05) is 18.7 Å². The van der Waals surface area contributed by atoms with E-state index >= 15 is 0 Å². The van der Waals surface area contributed by atoms with Crippen LogP contribution in [0.2, 0.25) is 0 Å². The summed E-state index contributed by atoms with van der Waals surface area (Å²) in [6, 6.07) is 14.9. The molecule has 0 aliphatic heterocycles. The Morgan fingerprint density at radius 2 is 2.03 bits per heavy atom. The Kier molecular flexibility index (Phi) is 6.11. The summed E-state index contributed by atoms with van der Waals surface area (Å²) in [7, 11) is 1.74. The van der Waals surface area contributed by atoms with E-state index in [0.717, 1.165) is 24.0 Å². The number of carbonyl (C=O) groups excluding carboxylic acids is 1. The average Bonchev–Trinajstić information content (AvgIpc) is 3.54. The highest BCUT2D eigenvalue weighted by atomic mass is 16.6. The maximum atomic E-state index is 12.2. The van der Waals surface area contributed by atoms with Crippen LogP contribution in [-0.4, -0.2) is 36.8 Å². The minimum atomic E-state index is -0.172. The van der Waals surface area contributed by atoms with Crippen molar-refractivity contribution in [1.82, 2.24) is 25.2 Å². The second-order valence-electron chi connectivity index (χ2n) is 7.37. The molecule has 1 fully saturated rings. The Balaban J connectivity index is 1.44. The number of amides is 1. The molecule has 0 saturated heterocycles. The first-order chi connectivity index (χ1) is 15.1. The van der Waals surface area contributed by atoms with Gasteiger partial charge in [0.2, 0.25) is 11.7 Å². The fourth-order valence-corrected chi connectivity index (χ4v) is 3.07. The predicted octanol–water partition coefficient (Wildman–Crippen LogP) is 2.87. The molecule has 0 radical (unpaired) electrons. The highest BCUT2D eigenvalue weighted by molar-refractivity contribution is 6.10. The Labute approximate surface area is 179 Å². The van der Waals surface area contributed by atoms with Crippen molar-refractivity contribution in [3.8, 4) is 0 Å². The number of nitrogens with zero attached hydrogens (tertiary/aromatic N) is 6. The number of nitrogens with one attached hydrogen (secondary N) is 1. The summed E-state index contributed by atoms with van der Waals surface area (Å²) in [6.07, 6.45) is 3.97. The SMILES string of the molecule is C/C(=C/C(=O)Nc1cccc(CO/N=C(/c2ccccc2)c2nnnn2C)n1)C1CC1. The Bertz CT molecular complexity index is 1120. The van der Waals surface area contributed by atoms with Gasteiger partial charge in [0.25, 0.3) is 0 Å². The molecule has 158 valence electrons. The minimum absolute atomic E-state index is 0.127. The van der Waals surface area contributed by atoms with Crippen molar-refractivity contribution < 1.29 is 9.63 Å². The first-order valence-electron chi connectivity index (χ1n) is 10.0. The molecule has 0 bridgehead atoms. The van der Waals surface area contributed by atoms with Crippen LogP contribution in [0.4, 0.5) is 5.82 Å². The van der Waals surface area contributed by atoms with Crippen molar-refractivity contribution >= 4 is 17.4 Å². The Hall–Kier alpha value is -3.88. The molecule has 1 aromatic carbocycles. The van der Waals surface area contributed by atoms with Crippen molar-refractivity contribution in [1.29, 1.82) is 0 Å². The van der Waals surface area contributed by atoms with Gasteiger partial charge in [-0.1, -0.05) is 47.1 Å². The third kappa shape index (κ3) is 5.39. The molecule has 2 heterocycles. The summed E-state index contributed by atoms with van der Waals surface area (Å²) in [5.41, 5.74) is 3.08. The minimum Gasteiger partial charge on any atom is -0.389 e. The fraction of sp³-hybridized carbons (Fsp3) is 0.273. The summed E-state index contributed by atoms with van der Waals surface area (Å²) >= 11 is 0. The van der Waals surface area contributed by atoms with Crippen molar-refractivity contribution in [2.45, 2.75) is 26.4 Å². The van der Waals surface area contributed by atoms with E-state index in [0.29, 0.717) is 29.0 Å². The normalized spacial score (nSPS) is 14.4. The van der Waals surface area contributed by atoms with Gasteiger partial charge in [-0.3, -0.25) is 4.79 Å². The lowest BCUT2D eigenvalue weighted by molar-refractivity contribution is -0.112. The zero-order valence-corrected chi connectivity index (χ0v) is 17.4. The lowest BCUT2D eigenvalue weighted by Gasteiger charge is -2.07. The molecule has 0 spiro atoms. The molecule has 1 N–H and O–H groups in total. The van der Waals surface area contributed by atoms with Gasteiger partial charge in [-0.05, 0) is 48.2 Å². The second-order valence-corrected chi connectivity index (χ2v) is 7.37. The van der Waals surface area contributed by atoms with Crippen LogP contribution in [0.1, 0.15) is 36.8 Å². The van der Waals surface area contributed by atoms with Crippen molar-refractivity contribution in [2.24, 2.45) is 18.1 Å². The fourth-order valence-electron chi connectivity index (χ4n) is 3.07. The molecule has 3 aromatic rings. The third-order valence-corrected chi connectivity index (χ3v) is 4.89. The topological polar surface area (TPSA) is 107 Å². The molecule has 4 rings (SSSR count). The maximum absolute atomic E-state index is 12.2. The van der Waals surface area contributed by atoms with Crippen LogP contribution in [0.5, 0.6) is 0 Å². The molecule has 9 nitrogen and oxygen atoms in total. The summed E-state index contributed by atoms with van der Waals surface area (Å²) in [6.45, 7) is 2.12. The number of carbonyl (C=O) groups is 1. The molecule has 1 aliphatic rings. The smallest absolute Gasteiger partial charge is 0.249 e. The molecular formula is C22H23N7O2. The number of tetrazole rings is 1. The predicted molar refractivity (Wildman–Crippen MR) is 115 cm³/mol. The van der Waals surface area contributed by atoms with E-state index in [9.17, 15) is 4.79 Å². The number of benzene rings is 1. The van der Waals surface area contributed by atoms with E-state index in [1.807, 2.05) is 49.4 Å². The molecule has 9 heteroatoms. The highest BCUT2D eigenvalue weighted by Crippen LogP contribution is 2.35. The average molecular weight is 417 g/mol. The van der Waals surface area contributed by atoms with Crippen LogP contribution in [0.15, 0.2) is 65.3 Å². The first kappa shape index (κ1) is 20.4. The van der Waals surface area contributed by atoms with Gasteiger partial charge in [-0.25, -0.2) is 9.67 Å². The summed E-state index contributed by atoms with van der Waals surface area (Å²) in [4.78, 5) is 22.2. The number of allylic oxidation sites excluding steroid dienone is 1. The Morgan fingerprint density at radius 3 is 2.74 bits per heavy atom. The van der Waals surface area contributed by atoms with Crippen LogP contribution >= 0.6 is 0 Å². The largest absolute Gasteiger partial charge is 0.389 e. The van der Waals surface area contributed by atoms with Crippen molar-refractivity contribution in [2.75, 3.05) is 5.32 Å². The summed E-state index contributed by atoms with van der Waals surface area (Å²) < 4.78 is 1.53. The number of rotatable bonds is 8. The van der Waals surface area contributed by atoms with E-state index in [1.165, 1.54) is 4.68 Å². The summed E-state index contributed by atoms with van der Waals surface area (Å²) in [5.74, 6) is 1.34. The second kappa shape index (κ2) is 9.29. The zero-order chi connectivity index (χ0) is 21.6. The van der Waals surface area contributed by atoms with Crippen molar-refractivity contribution in [3.05, 3.63) is 77.3 Å². The van der Waals surface area contributed by atoms with E-state index in [2.05, 4.69) is 31.0 Å². The van der Waals surface area contributed by atoms with E-state index in [4.69, 9.17) is 4.84 Å². The van der Waals surface area contributed by atoms with E-state index < -0.39 is 0 Å². The van der Waals surface area contributed by atoms with Gasteiger partial charge in [0.1, 0.15) is 5.82 Å². The molecule has 0 unspecified atom stereocenters. The van der Waals surface area contributed by atoms with Gasteiger partial charge in [0.15, 0.2) is 12.3 Å². The van der Waals surface area contributed by atoms with Crippen LogP contribution < -0.4 is 5.32 Å². The first-order valence-corrected chi connectivity index (χ1v) is 10.0. The van der Waals surface area contributed by atoms with Gasteiger partial charge < -0.3 is 10.2 Å². The van der Waals surface area contributed by atoms with Gasteiger partial charge >= 0.3 is 0 Å². The molecule has 2 aromatic heterocycles. The lowest BCUT2D eigenvalue weighted by Crippen LogP contribution is -2.12. The molecular weight excluding hydrogens is 394 g/mol. The van der Waals surface area contributed by atoms with Crippen LogP contribution in [0.3, 0.4) is 0 Å². The number of hydrogen-bond donors (Lipinski definition) is 1. The lowest BCUT2D eigenvalue weighted by atomic mass is 10.1. The Morgan fingerprint density at radius 1 is 1.23 bits per heavy atom. The number of hydrogen-bond acceptors (Lipinski definition) is 7. The van der Waals surface area contributed by atoms with Crippen LogP contribution in [0, 0.1) is 5.92 Å². The monoisotopic (exact) mass is 417 g/mol. The van der Waals surface area contributed by atoms with E-state index in [1.54, 1.807) is 19.2 Å². The highest BCUT2D eigenvalue weighted by Gasteiger charge is 2.23. The van der Waals surface area contributed by atoms with Crippen molar-refractivity contribution in [3.63, 3.8) is 0 Å². The molecule has 1 saturated carbocycles. The molecule has 31 heavy (non-hydrogen) atoms. The van der Waals surface area contributed by atoms with Gasteiger partial charge in [-0.2, -0.15) is 0 Å². The maximum Gasteiger partial charge on any atom is 0.249 e. The van der Waals surface area contributed by atoms with E-state index in [-0.39, 0.29) is 12.5 Å². The number of anilines is 1. The van der Waals surface area contributed by atoms with Crippen LogP contribution in [0.25, 0.3) is 0 Å². The number of pyridine rings is 1. The summed E-state index contributed by atoms with van der Waals surface area (Å²) in [5, 5.41) is 18.6. The zero-order valence-electron chi connectivity index (χ0n) is 17.4. The number of oxime groups is 1. The molecule has 0 atom stereocenters. The standard InChI is InChI=1S/C22H23N7O2/c1-15(16-11-12-16)13-20(30)24-19-10-6-9-18(23-19)14-31-26-21(17-7-4-3-5-8-17)22-25-27-28-29(22)2/h3-10,13,16H,11-12,14H2,1-2H3,(H,23,24,30)/b15-13-,26-21-. The number of aromatic nitrogens is 5. The third-order valence-electron chi connectivity index (χ3n) is 4.89. The van der Waals surface area contributed by atoms with Crippen LogP contribution in [-0.2, 0) is 23.3 Å².